The van der Waals surface area contributed by atoms with Gasteiger partial charge in [-0.25, -0.2) is 0 Å². The quantitative estimate of drug-likeness (QED) is 0.907. The summed E-state index contributed by atoms with van der Waals surface area (Å²) in [5, 5.41) is 0.656. The molecule has 2 N–H and O–H groups in total. The molecule has 2 aliphatic rings. The monoisotopic (exact) mass is 294 g/mol. The molecule has 0 radical (unpaired) electrons. The Morgan fingerprint density at radius 1 is 1.40 bits per heavy atom. The second-order valence-corrected chi connectivity index (χ2v) is 5.92. The summed E-state index contributed by atoms with van der Waals surface area (Å²) >= 11 is 6.04. The van der Waals surface area contributed by atoms with Crippen LogP contribution in [-0.2, 0) is 16.0 Å². The highest BCUT2D eigenvalue weighted by molar-refractivity contribution is 6.31. The van der Waals surface area contributed by atoms with Crippen LogP contribution >= 0.6 is 11.6 Å². The zero-order chi connectivity index (χ0) is 14.1. The van der Waals surface area contributed by atoms with Crippen LogP contribution in [0.5, 0.6) is 0 Å². The molecule has 1 atom stereocenters. The van der Waals surface area contributed by atoms with E-state index >= 15 is 0 Å². The lowest BCUT2D eigenvalue weighted by atomic mass is 9.91. The number of fused-ring (bicyclic) bond motifs is 1. The number of ether oxygens (including phenoxy) is 1. The molecule has 108 valence electrons. The number of benzene rings is 1. The average Bonchev–Trinajstić information content (AvgIpc) is 2.89. The normalized spacial score (nSPS) is 20.8. The third-order valence-electron chi connectivity index (χ3n) is 4.27. The minimum Gasteiger partial charge on any atom is -0.381 e. The number of anilines is 1. The van der Waals surface area contributed by atoms with E-state index < -0.39 is 6.04 Å². The summed E-state index contributed by atoms with van der Waals surface area (Å²) in [7, 11) is 0. The molecule has 1 aromatic carbocycles. The van der Waals surface area contributed by atoms with Gasteiger partial charge in [-0.05, 0) is 42.9 Å². The molecule has 0 aromatic heterocycles. The molecular weight excluding hydrogens is 276 g/mol. The summed E-state index contributed by atoms with van der Waals surface area (Å²) < 4.78 is 5.33. The topological polar surface area (TPSA) is 55.6 Å². The number of nitrogens with two attached hydrogens (primary N) is 1. The van der Waals surface area contributed by atoms with Gasteiger partial charge in [0, 0.05) is 30.5 Å². The number of carbonyl (C=O) groups is 1. The summed E-state index contributed by atoms with van der Waals surface area (Å²) in [6, 6.07) is 5.28. The third-order valence-corrected chi connectivity index (χ3v) is 4.50. The Kier molecular flexibility index (Phi) is 3.96. The van der Waals surface area contributed by atoms with Gasteiger partial charge in [-0.3, -0.25) is 4.79 Å². The molecule has 0 bridgehead atoms. The van der Waals surface area contributed by atoms with E-state index in [1.165, 1.54) is 5.56 Å². The zero-order valence-corrected chi connectivity index (χ0v) is 12.1. The van der Waals surface area contributed by atoms with Crippen molar-refractivity contribution < 1.29 is 9.53 Å². The minimum atomic E-state index is -0.441. The summed E-state index contributed by atoms with van der Waals surface area (Å²) in [5.41, 5.74) is 8.28. The molecule has 4 nitrogen and oxygen atoms in total. The van der Waals surface area contributed by atoms with Gasteiger partial charge in [0.05, 0.1) is 6.04 Å². The second kappa shape index (κ2) is 5.72. The molecule has 0 spiro atoms. The smallest absolute Gasteiger partial charge is 0.244 e. The van der Waals surface area contributed by atoms with E-state index in [1.807, 2.05) is 18.2 Å². The Labute approximate surface area is 123 Å². The van der Waals surface area contributed by atoms with E-state index in [0.717, 1.165) is 24.9 Å². The Hall–Kier alpha value is -1.10. The van der Waals surface area contributed by atoms with Crippen molar-refractivity contribution in [2.45, 2.75) is 25.3 Å². The molecule has 5 heteroatoms. The van der Waals surface area contributed by atoms with Crippen LogP contribution in [0.4, 0.5) is 5.69 Å². The number of hydrogen-bond acceptors (Lipinski definition) is 3. The Morgan fingerprint density at radius 2 is 2.15 bits per heavy atom. The molecule has 2 heterocycles. The molecule has 1 unspecified atom stereocenters. The van der Waals surface area contributed by atoms with Gasteiger partial charge in [0.1, 0.15) is 0 Å². The van der Waals surface area contributed by atoms with Gasteiger partial charge in [0.15, 0.2) is 0 Å². The number of hydrogen-bond donors (Lipinski definition) is 1. The van der Waals surface area contributed by atoms with Crippen LogP contribution in [0.1, 0.15) is 18.4 Å². The Morgan fingerprint density at radius 3 is 2.90 bits per heavy atom. The van der Waals surface area contributed by atoms with E-state index in [0.29, 0.717) is 24.8 Å². The summed E-state index contributed by atoms with van der Waals surface area (Å²) in [4.78, 5) is 14.4. The lowest BCUT2D eigenvalue weighted by Crippen LogP contribution is -2.48. The number of nitrogens with zero attached hydrogens (tertiary/aromatic N) is 1. The highest BCUT2D eigenvalue weighted by Crippen LogP contribution is 2.32. The van der Waals surface area contributed by atoms with E-state index in [2.05, 4.69) is 0 Å². The molecule has 20 heavy (non-hydrogen) atoms. The van der Waals surface area contributed by atoms with E-state index in [9.17, 15) is 4.79 Å². The van der Waals surface area contributed by atoms with Crippen molar-refractivity contribution in [2.75, 3.05) is 24.7 Å². The van der Waals surface area contributed by atoms with Gasteiger partial charge >= 0.3 is 0 Å². The molecule has 0 aliphatic carbocycles. The number of rotatable bonds is 2. The van der Waals surface area contributed by atoms with Gasteiger partial charge in [0.25, 0.3) is 0 Å². The molecule has 2 aliphatic heterocycles. The van der Waals surface area contributed by atoms with Crippen LogP contribution in [0, 0.1) is 5.92 Å². The van der Waals surface area contributed by atoms with Crippen molar-refractivity contribution in [2.24, 2.45) is 11.7 Å². The molecule has 1 fully saturated rings. The predicted octanol–water partition coefficient (Wildman–Crippen LogP) is 1.98. The maximum atomic E-state index is 12.6. The van der Waals surface area contributed by atoms with E-state index in [1.54, 1.807) is 4.90 Å². The lowest BCUT2D eigenvalue weighted by molar-refractivity contribution is -0.121. The van der Waals surface area contributed by atoms with Crippen LogP contribution in [0.15, 0.2) is 18.2 Å². The van der Waals surface area contributed by atoms with Crippen molar-refractivity contribution in [3.63, 3.8) is 0 Å². The predicted molar refractivity (Wildman–Crippen MR) is 79.0 cm³/mol. The SMILES string of the molecule is NC(C(=O)N1CCc2ccc(Cl)cc21)C1CCOCC1. The standard InChI is InChI=1S/C15H19ClN2O2/c16-12-2-1-10-3-6-18(13(10)9-12)15(19)14(17)11-4-7-20-8-5-11/h1-2,9,11,14H,3-8,17H2. The van der Waals surface area contributed by atoms with Gasteiger partial charge in [0.2, 0.25) is 5.91 Å². The lowest BCUT2D eigenvalue weighted by Gasteiger charge is -2.30. The van der Waals surface area contributed by atoms with Gasteiger partial charge in [-0.2, -0.15) is 0 Å². The second-order valence-electron chi connectivity index (χ2n) is 5.49. The Balaban J connectivity index is 1.77. The highest BCUT2D eigenvalue weighted by Gasteiger charge is 2.33. The largest absolute Gasteiger partial charge is 0.381 e. The first-order chi connectivity index (χ1) is 9.66. The first kappa shape index (κ1) is 13.9. The molecular formula is C15H19ClN2O2. The number of carbonyl (C=O) groups excluding carboxylic acids is 1. The van der Waals surface area contributed by atoms with Crippen LogP contribution in [0.2, 0.25) is 5.02 Å². The molecule has 1 aromatic rings. The van der Waals surface area contributed by atoms with E-state index in [4.69, 9.17) is 22.1 Å². The third kappa shape index (κ3) is 2.55. The fraction of sp³-hybridized carbons (Fsp3) is 0.533. The molecule has 3 rings (SSSR count). The molecule has 0 saturated carbocycles. The zero-order valence-electron chi connectivity index (χ0n) is 11.3. The van der Waals surface area contributed by atoms with Gasteiger partial charge in [-0.1, -0.05) is 17.7 Å². The summed E-state index contributed by atoms with van der Waals surface area (Å²) in [6.07, 6.45) is 2.60. The molecule has 1 saturated heterocycles. The van der Waals surface area contributed by atoms with E-state index in [-0.39, 0.29) is 11.8 Å². The summed E-state index contributed by atoms with van der Waals surface area (Å²) in [6.45, 7) is 2.10. The van der Waals surface area contributed by atoms with Crippen LogP contribution < -0.4 is 10.6 Å². The average molecular weight is 295 g/mol. The Bertz CT molecular complexity index is 515. The van der Waals surface area contributed by atoms with Crippen LogP contribution in [0.25, 0.3) is 0 Å². The fourth-order valence-electron chi connectivity index (χ4n) is 3.04. The molecule has 1 amide bonds. The maximum Gasteiger partial charge on any atom is 0.244 e. The van der Waals surface area contributed by atoms with Gasteiger partial charge < -0.3 is 15.4 Å². The van der Waals surface area contributed by atoms with Crippen LogP contribution in [0.3, 0.4) is 0 Å². The van der Waals surface area contributed by atoms with Crippen molar-refractivity contribution >= 4 is 23.2 Å². The van der Waals surface area contributed by atoms with Gasteiger partial charge in [-0.15, -0.1) is 0 Å². The number of amides is 1. The van der Waals surface area contributed by atoms with Crippen molar-refractivity contribution in [3.8, 4) is 0 Å². The number of halogens is 1. The van der Waals surface area contributed by atoms with Crippen molar-refractivity contribution in [1.29, 1.82) is 0 Å². The summed E-state index contributed by atoms with van der Waals surface area (Å²) in [5.74, 6) is 0.234. The first-order valence-electron chi connectivity index (χ1n) is 7.10. The fourth-order valence-corrected chi connectivity index (χ4v) is 3.20. The van der Waals surface area contributed by atoms with Crippen molar-refractivity contribution in [3.05, 3.63) is 28.8 Å². The highest BCUT2D eigenvalue weighted by atomic mass is 35.5. The minimum absolute atomic E-state index is 0.0120. The maximum absolute atomic E-state index is 12.6. The van der Waals surface area contributed by atoms with Crippen LogP contribution in [-0.4, -0.2) is 31.7 Å². The van der Waals surface area contributed by atoms with Crippen molar-refractivity contribution in [1.82, 2.24) is 0 Å². The first-order valence-corrected chi connectivity index (χ1v) is 7.48.